The monoisotopic (exact) mass is 347 g/mol. The van der Waals surface area contributed by atoms with Gasteiger partial charge in [0.25, 0.3) is 0 Å². The SMILES string of the molecule is Cc1cc(F)cc(Br)c1OC[C@@H](O)CN1CCOCC1. The second-order valence-corrected chi connectivity index (χ2v) is 5.77. The minimum atomic E-state index is -0.579. The van der Waals surface area contributed by atoms with E-state index in [1.807, 2.05) is 0 Å². The number of aliphatic hydroxyl groups is 1. The predicted octanol–water partition coefficient (Wildman–Crippen LogP) is 1.97. The predicted molar refractivity (Wildman–Crippen MR) is 77.6 cm³/mol. The molecule has 0 aliphatic carbocycles. The van der Waals surface area contributed by atoms with Gasteiger partial charge in [-0.15, -0.1) is 0 Å². The van der Waals surface area contributed by atoms with Crippen molar-refractivity contribution in [3.8, 4) is 5.75 Å². The maximum Gasteiger partial charge on any atom is 0.136 e. The molecule has 0 spiro atoms. The number of halogens is 2. The number of hydrogen-bond acceptors (Lipinski definition) is 4. The molecule has 1 N–H and O–H groups in total. The van der Waals surface area contributed by atoms with Crippen LogP contribution < -0.4 is 4.74 Å². The number of nitrogens with zero attached hydrogens (tertiary/aromatic N) is 1. The zero-order valence-corrected chi connectivity index (χ0v) is 13.0. The summed E-state index contributed by atoms with van der Waals surface area (Å²) < 4.78 is 24.6. The fourth-order valence-electron chi connectivity index (χ4n) is 2.19. The summed E-state index contributed by atoms with van der Waals surface area (Å²) in [6.07, 6.45) is -0.579. The van der Waals surface area contributed by atoms with Gasteiger partial charge in [0.2, 0.25) is 0 Å². The van der Waals surface area contributed by atoms with Crippen LogP contribution in [-0.4, -0.2) is 55.6 Å². The van der Waals surface area contributed by atoms with Crippen molar-refractivity contribution < 1.29 is 19.0 Å². The van der Waals surface area contributed by atoms with E-state index in [9.17, 15) is 9.50 Å². The maximum absolute atomic E-state index is 13.2. The van der Waals surface area contributed by atoms with Gasteiger partial charge in [-0.25, -0.2) is 4.39 Å². The van der Waals surface area contributed by atoms with Crippen LogP contribution in [0.3, 0.4) is 0 Å². The Balaban J connectivity index is 1.85. The molecule has 1 fully saturated rings. The Morgan fingerprint density at radius 1 is 1.45 bits per heavy atom. The Kier molecular flexibility index (Phi) is 5.77. The highest BCUT2D eigenvalue weighted by atomic mass is 79.9. The lowest BCUT2D eigenvalue weighted by Crippen LogP contribution is -2.42. The molecule has 1 aromatic rings. The molecule has 1 atom stereocenters. The highest BCUT2D eigenvalue weighted by Crippen LogP contribution is 2.29. The summed E-state index contributed by atoms with van der Waals surface area (Å²) in [7, 11) is 0. The topological polar surface area (TPSA) is 41.9 Å². The van der Waals surface area contributed by atoms with E-state index in [0.29, 0.717) is 35.5 Å². The van der Waals surface area contributed by atoms with Gasteiger partial charge in [-0.05, 0) is 40.5 Å². The molecule has 112 valence electrons. The van der Waals surface area contributed by atoms with Crippen molar-refractivity contribution in [2.45, 2.75) is 13.0 Å². The summed E-state index contributed by atoms with van der Waals surface area (Å²) >= 11 is 3.27. The summed E-state index contributed by atoms with van der Waals surface area (Å²) in [5.74, 6) is 0.267. The van der Waals surface area contributed by atoms with Crippen LogP contribution in [0, 0.1) is 12.7 Å². The van der Waals surface area contributed by atoms with E-state index in [4.69, 9.17) is 9.47 Å². The molecule has 1 heterocycles. The highest BCUT2D eigenvalue weighted by molar-refractivity contribution is 9.10. The van der Waals surface area contributed by atoms with Crippen molar-refractivity contribution in [3.05, 3.63) is 28.0 Å². The van der Waals surface area contributed by atoms with Crippen LogP contribution in [-0.2, 0) is 4.74 Å². The van der Waals surface area contributed by atoms with Crippen molar-refractivity contribution in [1.82, 2.24) is 4.90 Å². The molecule has 0 unspecified atom stereocenters. The summed E-state index contributed by atoms with van der Waals surface area (Å²) in [6, 6.07) is 2.77. The van der Waals surface area contributed by atoms with Gasteiger partial charge in [0.05, 0.1) is 17.7 Å². The first-order valence-corrected chi connectivity index (χ1v) is 7.42. The molecule has 0 radical (unpaired) electrons. The van der Waals surface area contributed by atoms with Crippen molar-refractivity contribution in [1.29, 1.82) is 0 Å². The second-order valence-electron chi connectivity index (χ2n) is 4.91. The number of aliphatic hydroxyl groups excluding tert-OH is 1. The lowest BCUT2D eigenvalue weighted by molar-refractivity contribution is 0.00453. The number of rotatable bonds is 5. The summed E-state index contributed by atoms with van der Waals surface area (Å²) in [5.41, 5.74) is 0.704. The first kappa shape index (κ1) is 15.7. The van der Waals surface area contributed by atoms with Gasteiger partial charge in [-0.2, -0.15) is 0 Å². The second kappa shape index (κ2) is 7.36. The lowest BCUT2D eigenvalue weighted by atomic mass is 10.2. The number of ether oxygens (including phenoxy) is 2. The van der Waals surface area contributed by atoms with Crippen LogP contribution >= 0.6 is 15.9 Å². The molecule has 1 saturated heterocycles. The van der Waals surface area contributed by atoms with Crippen molar-refractivity contribution >= 4 is 15.9 Å². The van der Waals surface area contributed by atoms with Gasteiger partial charge in [0.1, 0.15) is 24.3 Å². The fraction of sp³-hybridized carbons (Fsp3) is 0.571. The molecule has 1 aromatic carbocycles. The average Bonchev–Trinajstić information content (AvgIpc) is 2.38. The van der Waals surface area contributed by atoms with E-state index in [0.717, 1.165) is 13.1 Å². The minimum absolute atomic E-state index is 0.183. The molecular weight excluding hydrogens is 329 g/mol. The van der Waals surface area contributed by atoms with Gasteiger partial charge in [-0.1, -0.05) is 0 Å². The molecule has 4 nitrogen and oxygen atoms in total. The molecule has 2 rings (SSSR count). The molecule has 0 aromatic heterocycles. The summed E-state index contributed by atoms with van der Waals surface area (Å²) in [5, 5.41) is 10.0. The van der Waals surface area contributed by atoms with E-state index in [1.54, 1.807) is 6.92 Å². The van der Waals surface area contributed by atoms with Gasteiger partial charge in [-0.3, -0.25) is 4.90 Å². The smallest absolute Gasteiger partial charge is 0.136 e. The van der Waals surface area contributed by atoms with Crippen molar-refractivity contribution in [2.24, 2.45) is 0 Å². The van der Waals surface area contributed by atoms with E-state index < -0.39 is 6.10 Å². The van der Waals surface area contributed by atoms with Gasteiger partial charge in [0, 0.05) is 19.6 Å². The van der Waals surface area contributed by atoms with Gasteiger partial charge >= 0.3 is 0 Å². The molecule has 6 heteroatoms. The third-order valence-electron chi connectivity index (χ3n) is 3.19. The number of aryl methyl sites for hydroxylation is 1. The van der Waals surface area contributed by atoms with Gasteiger partial charge in [0.15, 0.2) is 0 Å². The van der Waals surface area contributed by atoms with E-state index in [-0.39, 0.29) is 12.4 Å². The standard InChI is InChI=1S/C14H19BrFNO3/c1-10-6-11(16)7-13(15)14(10)20-9-12(18)8-17-2-4-19-5-3-17/h6-7,12,18H,2-5,8-9H2,1H3/t12-/m0/s1. The molecule has 20 heavy (non-hydrogen) atoms. The molecule has 0 saturated carbocycles. The maximum atomic E-state index is 13.2. The number of benzene rings is 1. The van der Waals surface area contributed by atoms with Crippen LogP contribution in [0.25, 0.3) is 0 Å². The van der Waals surface area contributed by atoms with Crippen LogP contribution in [0.1, 0.15) is 5.56 Å². The van der Waals surface area contributed by atoms with E-state index >= 15 is 0 Å². The minimum Gasteiger partial charge on any atom is -0.489 e. The normalized spacial score (nSPS) is 18.0. The van der Waals surface area contributed by atoms with Crippen molar-refractivity contribution in [2.75, 3.05) is 39.5 Å². The Morgan fingerprint density at radius 3 is 2.80 bits per heavy atom. The third kappa shape index (κ3) is 4.41. The molecule has 1 aliphatic rings. The van der Waals surface area contributed by atoms with E-state index in [1.165, 1.54) is 12.1 Å². The zero-order chi connectivity index (χ0) is 14.5. The number of hydrogen-bond donors (Lipinski definition) is 1. The first-order chi connectivity index (χ1) is 9.56. The average molecular weight is 348 g/mol. The largest absolute Gasteiger partial charge is 0.489 e. The van der Waals surface area contributed by atoms with Crippen LogP contribution in [0.5, 0.6) is 5.75 Å². The Bertz CT molecular complexity index is 429. The number of β-amino-alcohol motifs (C(OH)–C–C–N with tert-alkyl or cyclic N) is 1. The lowest BCUT2D eigenvalue weighted by Gasteiger charge is -2.28. The van der Waals surface area contributed by atoms with Crippen molar-refractivity contribution in [3.63, 3.8) is 0 Å². The van der Waals surface area contributed by atoms with E-state index in [2.05, 4.69) is 20.8 Å². The zero-order valence-electron chi connectivity index (χ0n) is 11.4. The molecule has 1 aliphatic heterocycles. The first-order valence-electron chi connectivity index (χ1n) is 6.63. The summed E-state index contributed by atoms with van der Waals surface area (Å²) in [6.45, 7) is 5.58. The Labute approximate surface area is 126 Å². The number of morpholine rings is 1. The van der Waals surface area contributed by atoms with Crippen LogP contribution in [0.15, 0.2) is 16.6 Å². The third-order valence-corrected chi connectivity index (χ3v) is 3.78. The molecule has 0 amide bonds. The molecule has 0 bridgehead atoms. The Hall–Kier alpha value is -0.690. The van der Waals surface area contributed by atoms with Crippen LogP contribution in [0.2, 0.25) is 0 Å². The van der Waals surface area contributed by atoms with Crippen LogP contribution in [0.4, 0.5) is 4.39 Å². The molecular formula is C14H19BrFNO3. The Morgan fingerprint density at radius 2 is 2.15 bits per heavy atom. The fourth-order valence-corrected chi connectivity index (χ4v) is 2.83. The quantitative estimate of drug-likeness (QED) is 0.884. The van der Waals surface area contributed by atoms with Gasteiger partial charge < -0.3 is 14.6 Å². The highest BCUT2D eigenvalue weighted by Gasteiger charge is 2.16. The summed E-state index contributed by atoms with van der Waals surface area (Å²) in [4.78, 5) is 2.14.